The van der Waals surface area contributed by atoms with E-state index in [0.717, 1.165) is 0 Å². The van der Waals surface area contributed by atoms with Crippen molar-refractivity contribution < 1.29 is 14.7 Å². The van der Waals surface area contributed by atoms with Crippen molar-refractivity contribution in [3.8, 4) is 0 Å². The molecule has 0 rings (SSSR count). The van der Waals surface area contributed by atoms with Gasteiger partial charge in [0.2, 0.25) is 0 Å². The molecule has 0 aliphatic heterocycles. The van der Waals surface area contributed by atoms with Gasteiger partial charge in [-0.05, 0) is 6.92 Å². The molecule has 0 radical (unpaired) electrons. The molecule has 0 fully saturated rings. The van der Waals surface area contributed by atoms with Crippen molar-refractivity contribution in [2.24, 2.45) is 0 Å². The number of nitrogens with one attached hydrogen (secondary N) is 2. The Morgan fingerprint density at radius 3 is 2.69 bits per heavy atom. The standard InChI is InChI=1S/C7H11ClN2O3/c1-5(6(11)12)10-7(13)9-4-2-3-8/h2-3,5H,4H2,1H3,(H,11,12)(H2,9,10,13)/b3-2+. The summed E-state index contributed by atoms with van der Waals surface area (Å²) in [5.74, 6) is -1.08. The summed E-state index contributed by atoms with van der Waals surface area (Å²) >= 11 is 5.19. The van der Waals surface area contributed by atoms with Gasteiger partial charge >= 0.3 is 12.0 Å². The maximum atomic E-state index is 10.9. The minimum atomic E-state index is -1.08. The summed E-state index contributed by atoms with van der Waals surface area (Å²) in [6.45, 7) is 1.64. The molecule has 6 heteroatoms. The van der Waals surface area contributed by atoms with Crippen LogP contribution in [0.5, 0.6) is 0 Å². The number of amides is 2. The van der Waals surface area contributed by atoms with E-state index < -0.39 is 18.0 Å². The molecule has 74 valence electrons. The van der Waals surface area contributed by atoms with Gasteiger partial charge in [0.15, 0.2) is 0 Å². The third-order valence-corrected chi connectivity index (χ3v) is 1.37. The molecule has 0 aliphatic rings. The zero-order chi connectivity index (χ0) is 10.3. The third-order valence-electron chi connectivity index (χ3n) is 1.19. The molecule has 0 heterocycles. The number of halogens is 1. The van der Waals surface area contributed by atoms with E-state index in [4.69, 9.17) is 16.7 Å². The first-order valence-corrected chi connectivity index (χ1v) is 4.04. The Morgan fingerprint density at radius 2 is 2.23 bits per heavy atom. The number of carboxylic acids is 1. The van der Waals surface area contributed by atoms with Crippen molar-refractivity contribution in [1.29, 1.82) is 0 Å². The molecule has 1 atom stereocenters. The summed E-state index contributed by atoms with van der Waals surface area (Å²) in [4.78, 5) is 21.2. The quantitative estimate of drug-likeness (QED) is 0.627. The lowest BCUT2D eigenvalue weighted by atomic mass is 10.3. The van der Waals surface area contributed by atoms with Crippen molar-refractivity contribution in [2.75, 3.05) is 6.54 Å². The van der Waals surface area contributed by atoms with Crippen molar-refractivity contribution in [1.82, 2.24) is 10.6 Å². The van der Waals surface area contributed by atoms with Crippen molar-refractivity contribution in [2.45, 2.75) is 13.0 Å². The van der Waals surface area contributed by atoms with Gasteiger partial charge in [0, 0.05) is 12.1 Å². The monoisotopic (exact) mass is 206 g/mol. The molecule has 0 aromatic carbocycles. The lowest BCUT2D eigenvalue weighted by molar-refractivity contribution is -0.138. The van der Waals surface area contributed by atoms with Crippen LogP contribution in [0.25, 0.3) is 0 Å². The maximum absolute atomic E-state index is 10.9. The second kappa shape index (κ2) is 6.30. The highest BCUT2D eigenvalue weighted by Gasteiger charge is 2.12. The van der Waals surface area contributed by atoms with Crippen LogP contribution < -0.4 is 10.6 Å². The Kier molecular flexibility index (Phi) is 5.71. The first-order valence-electron chi connectivity index (χ1n) is 3.60. The van der Waals surface area contributed by atoms with Crippen LogP contribution in [-0.4, -0.2) is 29.7 Å². The van der Waals surface area contributed by atoms with Crippen molar-refractivity contribution in [3.05, 3.63) is 11.6 Å². The summed E-state index contributed by atoms with van der Waals surface area (Å²) < 4.78 is 0. The fraction of sp³-hybridized carbons (Fsp3) is 0.429. The Balaban J connectivity index is 3.68. The highest BCUT2D eigenvalue weighted by molar-refractivity contribution is 6.25. The van der Waals surface area contributed by atoms with Crippen LogP contribution in [0.4, 0.5) is 4.79 Å². The zero-order valence-electron chi connectivity index (χ0n) is 7.08. The minimum Gasteiger partial charge on any atom is -0.480 e. The number of hydrogen-bond donors (Lipinski definition) is 3. The van der Waals surface area contributed by atoms with E-state index in [0.29, 0.717) is 0 Å². The summed E-state index contributed by atoms with van der Waals surface area (Å²) in [5, 5.41) is 13.0. The average Bonchev–Trinajstić information content (AvgIpc) is 2.04. The van der Waals surface area contributed by atoms with Crippen molar-refractivity contribution >= 4 is 23.6 Å². The van der Waals surface area contributed by atoms with Gasteiger partial charge in [-0.2, -0.15) is 0 Å². The molecule has 2 amide bonds. The summed E-state index contributed by atoms with van der Waals surface area (Å²) in [5.41, 5.74) is 1.26. The number of rotatable bonds is 4. The van der Waals surface area contributed by atoms with Gasteiger partial charge in [-0.3, -0.25) is 4.79 Å². The van der Waals surface area contributed by atoms with Crippen LogP contribution in [0, 0.1) is 0 Å². The third kappa shape index (κ3) is 5.98. The first-order chi connectivity index (χ1) is 6.07. The van der Waals surface area contributed by atoms with Gasteiger partial charge in [0.1, 0.15) is 6.04 Å². The van der Waals surface area contributed by atoms with Crippen LogP contribution >= 0.6 is 11.6 Å². The van der Waals surface area contributed by atoms with E-state index in [1.54, 1.807) is 0 Å². The predicted molar refractivity (Wildman–Crippen MR) is 48.6 cm³/mol. The molecule has 1 unspecified atom stereocenters. The lowest BCUT2D eigenvalue weighted by Gasteiger charge is -2.08. The molecule has 0 aromatic rings. The molecule has 0 spiro atoms. The highest BCUT2D eigenvalue weighted by Crippen LogP contribution is 1.81. The molecule has 3 N–H and O–H groups in total. The molecule has 0 saturated carbocycles. The number of carbonyl (C=O) groups excluding carboxylic acids is 1. The fourth-order valence-electron chi connectivity index (χ4n) is 0.506. The van der Waals surface area contributed by atoms with E-state index in [2.05, 4.69) is 10.6 Å². The van der Waals surface area contributed by atoms with Crippen LogP contribution in [0.2, 0.25) is 0 Å². The second-order valence-corrected chi connectivity index (χ2v) is 2.53. The maximum Gasteiger partial charge on any atom is 0.325 e. The van der Waals surface area contributed by atoms with Gasteiger partial charge in [-0.15, -0.1) is 0 Å². The molecular formula is C7H11ClN2O3. The van der Waals surface area contributed by atoms with Gasteiger partial charge in [0.25, 0.3) is 0 Å². The Bertz CT molecular complexity index is 218. The Labute approximate surface area is 80.8 Å². The first kappa shape index (κ1) is 11.8. The number of carbonyl (C=O) groups is 2. The fourth-order valence-corrected chi connectivity index (χ4v) is 0.595. The molecule has 0 bridgehead atoms. The smallest absolute Gasteiger partial charge is 0.325 e. The number of urea groups is 1. The summed E-state index contributed by atoms with van der Waals surface area (Å²) in [6.07, 6.45) is 1.52. The number of hydrogen-bond acceptors (Lipinski definition) is 2. The van der Waals surface area contributed by atoms with Gasteiger partial charge in [-0.25, -0.2) is 4.79 Å². The Hall–Kier alpha value is -1.23. The van der Waals surface area contributed by atoms with E-state index in [9.17, 15) is 9.59 Å². The molecule has 13 heavy (non-hydrogen) atoms. The number of carboxylic acid groups (broad SMARTS) is 1. The van der Waals surface area contributed by atoms with Crippen LogP contribution in [0.1, 0.15) is 6.92 Å². The van der Waals surface area contributed by atoms with Crippen LogP contribution in [-0.2, 0) is 4.79 Å². The van der Waals surface area contributed by atoms with Crippen LogP contribution in [0.15, 0.2) is 11.6 Å². The molecular weight excluding hydrogens is 196 g/mol. The largest absolute Gasteiger partial charge is 0.480 e. The average molecular weight is 207 g/mol. The molecule has 0 saturated heterocycles. The number of aliphatic carboxylic acids is 1. The molecule has 0 aromatic heterocycles. The van der Waals surface area contributed by atoms with Gasteiger partial charge in [0.05, 0.1) is 0 Å². The van der Waals surface area contributed by atoms with E-state index in [1.165, 1.54) is 18.5 Å². The normalized spacial score (nSPS) is 12.5. The van der Waals surface area contributed by atoms with E-state index in [-0.39, 0.29) is 6.54 Å². The van der Waals surface area contributed by atoms with Gasteiger partial charge in [-0.1, -0.05) is 17.7 Å². The Morgan fingerprint density at radius 1 is 1.62 bits per heavy atom. The zero-order valence-corrected chi connectivity index (χ0v) is 7.84. The van der Waals surface area contributed by atoms with Crippen LogP contribution in [0.3, 0.4) is 0 Å². The van der Waals surface area contributed by atoms with Gasteiger partial charge < -0.3 is 15.7 Å². The second-order valence-electron chi connectivity index (χ2n) is 2.28. The predicted octanol–water partition coefficient (Wildman–Crippen LogP) is 0.511. The highest BCUT2D eigenvalue weighted by atomic mass is 35.5. The minimum absolute atomic E-state index is 0.266. The SMILES string of the molecule is CC(NC(=O)NC/C=C/Cl)C(=O)O. The summed E-state index contributed by atoms with van der Waals surface area (Å²) in [6, 6.07) is -1.44. The van der Waals surface area contributed by atoms with E-state index in [1.807, 2.05) is 0 Å². The molecule has 0 aliphatic carbocycles. The van der Waals surface area contributed by atoms with E-state index >= 15 is 0 Å². The lowest BCUT2D eigenvalue weighted by Crippen LogP contribution is -2.44. The topological polar surface area (TPSA) is 78.4 Å². The summed E-state index contributed by atoms with van der Waals surface area (Å²) in [7, 11) is 0. The van der Waals surface area contributed by atoms with Crippen molar-refractivity contribution in [3.63, 3.8) is 0 Å². The molecule has 5 nitrogen and oxygen atoms in total.